The lowest BCUT2D eigenvalue weighted by Gasteiger charge is -2.30. The van der Waals surface area contributed by atoms with Gasteiger partial charge in [-0.2, -0.15) is 0 Å². The Labute approximate surface area is 96.4 Å². The number of ether oxygens (including phenoxy) is 1. The van der Waals surface area contributed by atoms with Crippen molar-refractivity contribution in [3.63, 3.8) is 0 Å². The van der Waals surface area contributed by atoms with Gasteiger partial charge in [0.2, 0.25) is 0 Å². The lowest BCUT2D eigenvalue weighted by Crippen LogP contribution is -2.44. The summed E-state index contributed by atoms with van der Waals surface area (Å²) < 4.78 is 5.15. The average Bonchev–Trinajstić information content (AvgIpc) is 2.09. The minimum atomic E-state index is -1.04. The smallest absolute Gasteiger partial charge is 0.411 e. The molecule has 0 aromatic rings. The van der Waals surface area contributed by atoms with Crippen molar-refractivity contribution in [3.05, 3.63) is 0 Å². The van der Waals surface area contributed by atoms with E-state index in [1.165, 1.54) is 4.90 Å². The molecule has 0 saturated heterocycles. The predicted molar refractivity (Wildman–Crippen MR) is 60.3 cm³/mol. The van der Waals surface area contributed by atoms with E-state index in [0.29, 0.717) is 6.42 Å². The van der Waals surface area contributed by atoms with Crippen LogP contribution >= 0.6 is 0 Å². The van der Waals surface area contributed by atoms with Crippen molar-refractivity contribution in [1.82, 2.24) is 4.90 Å². The first-order chi connectivity index (χ1) is 7.17. The summed E-state index contributed by atoms with van der Waals surface area (Å²) in [6, 6.07) is -0.147. The van der Waals surface area contributed by atoms with Crippen molar-refractivity contribution < 1.29 is 19.4 Å². The summed E-state index contributed by atoms with van der Waals surface area (Å²) in [5, 5.41) is 8.73. The Balaban J connectivity index is 4.63. The summed E-state index contributed by atoms with van der Waals surface area (Å²) in [6.45, 7) is 8.61. The zero-order valence-electron chi connectivity index (χ0n) is 10.6. The summed E-state index contributed by atoms with van der Waals surface area (Å²) in [5.74, 6) is -1.04. The number of amides is 1. The monoisotopic (exact) mass is 231 g/mol. The third-order valence-electron chi connectivity index (χ3n) is 2.06. The molecule has 94 valence electrons. The van der Waals surface area contributed by atoms with Gasteiger partial charge >= 0.3 is 12.1 Å². The molecular formula is C11H21NO4. The van der Waals surface area contributed by atoms with Crippen molar-refractivity contribution in [2.24, 2.45) is 0 Å². The molecule has 0 spiro atoms. The Morgan fingerprint density at radius 3 is 2.19 bits per heavy atom. The van der Waals surface area contributed by atoms with Crippen LogP contribution < -0.4 is 0 Å². The van der Waals surface area contributed by atoms with E-state index in [2.05, 4.69) is 0 Å². The Hall–Kier alpha value is -1.26. The van der Waals surface area contributed by atoms with Gasteiger partial charge in [-0.15, -0.1) is 0 Å². The summed E-state index contributed by atoms with van der Waals surface area (Å²) in [6.07, 6.45) is 0.108. The minimum absolute atomic E-state index is 0.147. The van der Waals surface area contributed by atoms with Crippen LogP contribution in [0.15, 0.2) is 0 Å². The van der Waals surface area contributed by atoms with Gasteiger partial charge in [0.05, 0.1) is 0 Å². The highest BCUT2D eigenvalue weighted by atomic mass is 16.6. The highest BCUT2D eigenvalue weighted by Crippen LogP contribution is 2.13. The molecule has 5 heteroatoms. The number of nitrogens with zero attached hydrogens (tertiary/aromatic N) is 1. The van der Waals surface area contributed by atoms with E-state index in [4.69, 9.17) is 9.84 Å². The Morgan fingerprint density at radius 1 is 1.38 bits per heavy atom. The van der Waals surface area contributed by atoms with Crippen LogP contribution in [0.25, 0.3) is 0 Å². The first-order valence-electron chi connectivity index (χ1n) is 5.38. The normalized spacial score (nSPS) is 13.1. The van der Waals surface area contributed by atoms with Gasteiger partial charge in [0.25, 0.3) is 0 Å². The zero-order chi connectivity index (χ0) is 12.9. The van der Waals surface area contributed by atoms with E-state index in [1.54, 1.807) is 27.7 Å². The summed E-state index contributed by atoms with van der Waals surface area (Å²) >= 11 is 0. The van der Waals surface area contributed by atoms with Crippen molar-refractivity contribution in [1.29, 1.82) is 0 Å². The topological polar surface area (TPSA) is 66.8 Å². The van der Waals surface area contributed by atoms with Gasteiger partial charge in [-0.3, -0.25) is 9.69 Å². The summed E-state index contributed by atoms with van der Waals surface area (Å²) in [5.41, 5.74) is -0.610. The van der Waals surface area contributed by atoms with Crippen molar-refractivity contribution in [2.75, 3.05) is 6.54 Å². The van der Waals surface area contributed by atoms with E-state index in [1.807, 2.05) is 6.92 Å². The molecule has 0 aliphatic carbocycles. The molecule has 0 aromatic carbocycles. The molecule has 1 atom stereocenters. The van der Waals surface area contributed by atoms with Crippen molar-refractivity contribution >= 4 is 12.1 Å². The van der Waals surface area contributed by atoms with Gasteiger partial charge in [-0.25, -0.2) is 4.79 Å². The molecule has 0 rings (SSSR count). The van der Waals surface area contributed by atoms with E-state index in [0.717, 1.165) is 0 Å². The second-order valence-electron chi connectivity index (χ2n) is 4.76. The molecule has 0 heterocycles. The number of carboxylic acids is 1. The van der Waals surface area contributed by atoms with Crippen LogP contribution in [0, 0.1) is 0 Å². The van der Waals surface area contributed by atoms with Crippen LogP contribution in [0.5, 0.6) is 0 Å². The molecular weight excluding hydrogens is 210 g/mol. The number of carbonyl (C=O) groups is 2. The predicted octanol–water partition coefficient (Wildman–Crippen LogP) is 2.11. The summed E-state index contributed by atoms with van der Waals surface area (Å²) in [7, 11) is 0. The second kappa shape index (κ2) is 5.72. The van der Waals surface area contributed by atoms with E-state index < -0.39 is 17.7 Å². The molecule has 1 N–H and O–H groups in total. The fourth-order valence-corrected chi connectivity index (χ4v) is 1.09. The standard InChI is InChI=1S/C11H21NO4/c1-6-8(2)12(7-9(13)14)10(15)16-11(3,4)5/h8H,6-7H2,1-5H3,(H,13,14)/t8-/m0/s1. The van der Waals surface area contributed by atoms with Crippen LogP contribution in [-0.2, 0) is 9.53 Å². The zero-order valence-corrected chi connectivity index (χ0v) is 10.6. The quantitative estimate of drug-likeness (QED) is 0.804. The van der Waals surface area contributed by atoms with E-state index >= 15 is 0 Å². The van der Waals surface area contributed by atoms with Crippen LogP contribution in [0.1, 0.15) is 41.0 Å². The Kier molecular flexibility index (Phi) is 5.27. The van der Waals surface area contributed by atoms with Gasteiger partial charge in [0.15, 0.2) is 0 Å². The SMILES string of the molecule is CC[C@H](C)N(CC(=O)O)C(=O)OC(C)(C)C. The molecule has 0 bridgehead atoms. The second-order valence-corrected chi connectivity index (χ2v) is 4.76. The average molecular weight is 231 g/mol. The number of carboxylic acid groups (broad SMARTS) is 1. The Morgan fingerprint density at radius 2 is 1.88 bits per heavy atom. The maximum absolute atomic E-state index is 11.7. The molecule has 0 aromatic heterocycles. The van der Waals surface area contributed by atoms with Crippen molar-refractivity contribution in [3.8, 4) is 0 Å². The van der Waals surface area contributed by atoms with Crippen LogP contribution in [-0.4, -0.2) is 40.3 Å². The number of hydrogen-bond donors (Lipinski definition) is 1. The van der Waals surface area contributed by atoms with Gasteiger partial charge in [-0.05, 0) is 34.1 Å². The largest absolute Gasteiger partial charge is 0.480 e. The number of rotatable bonds is 4. The number of hydrogen-bond acceptors (Lipinski definition) is 3. The molecule has 0 radical (unpaired) electrons. The van der Waals surface area contributed by atoms with Crippen molar-refractivity contribution in [2.45, 2.75) is 52.7 Å². The third-order valence-corrected chi connectivity index (χ3v) is 2.06. The maximum Gasteiger partial charge on any atom is 0.411 e. The number of carbonyl (C=O) groups excluding carboxylic acids is 1. The molecule has 16 heavy (non-hydrogen) atoms. The highest BCUT2D eigenvalue weighted by molar-refractivity contribution is 5.77. The van der Waals surface area contributed by atoms with Crippen LogP contribution in [0.3, 0.4) is 0 Å². The molecule has 0 fully saturated rings. The fraction of sp³-hybridized carbons (Fsp3) is 0.818. The first-order valence-corrected chi connectivity index (χ1v) is 5.38. The minimum Gasteiger partial charge on any atom is -0.480 e. The summed E-state index contributed by atoms with van der Waals surface area (Å²) in [4.78, 5) is 23.6. The molecule has 1 amide bonds. The highest BCUT2D eigenvalue weighted by Gasteiger charge is 2.26. The molecule has 0 unspecified atom stereocenters. The van der Waals surface area contributed by atoms with Gasteiger partial charge in [-0.1, -0.05) is 6.92 Å². The lowest BCUT2D eigenvalue weighted by molar-refractivity contribution is -0.138. The van der Waals surface area contributed by atoms with Crippen LogP contribution in [0.2, 0.25) is 0 Å². The third kappa shape index (κ3) is 5.58. The Bertz CT molecular complexity index is 257. The number of aliphatic carboxylic acids is 1. The maximum atomic E-state index is 11.7. The lowest BCUT2D eigenvalue weighted by atomic mass is 10.2. The molecule has 5 nitrogen and oxygen atoms in total. The van der Waals surface area contributed by atoms with Gasteiger partial charge in [0, 0.05) is 6.04 Å². The van der Waals surface area contributed by atoms with Crippen LogP contribution in [0.4, 0.5) is 4.79 Å². The fourth-order valence-electron chi connectivity index (χ4n) is 1.09. The molecule has 0 aliphatic heterocycles. The van der Waals surface area contributed by atoms with Gasteiger partial charge < -0.3 is 9.84 Å². The molecule has 0 saturated carbocycles. The van der Waals surface area contributed by atoms with Gasteiger partial charge in [0.1, 0.15) is 12.1 Å². The van der Waals surface area contributed by atoms with E-state index in [9.17, 15) is 9.59 Å². The first kappa shape index (κ1) is 14.7. The van der Waals surface area contributed by atoms with E-state index in [-0.39, 0.29) is 12.6 Å². The molecule has 0 aliphatic rings.